The van der Waals surface area contributed by atoms with E-state index >= 15 is 0 Å². The highest BCUT2D eigenvalue weighted by Crippen LogP contribution is 2.49. The number of nitrogens with zero attached hydrogens (tertiary/aromatic N) is 1. The summed E-state index contributed by atoms with van der Waals surface area (Å²) in [6.45, 7) is 4.37. The first-order chi connectivity index (χ1) is 10.7. The Labute approximate surface area is 144 Å². The third-order valence-corrected chi connectivity index (χ3v) is 4.87. The number of amides is 1. The van der Waals surface area contributed by atoms with Crippen LogP contribution in [0.5, 0.6) is 0 Å². The summed E-state index contributed by atoms with van der Waals surface area (Å²) < 4.78 is 5.24. The zero-order valence-corrected chi connectivity index (χ0v) is 15.4. The van der Waals surface area contributed by atoms with Crippen molar-refractivity contribution in [1.82, 2.24) is 4.90 Å². The molecule has 0 aliphatic heterocycles. The molecule has 132 valence electrons. The average Bonchev–Trinajstić information content (AvgIpc) is 3.17. The van der Waals surface area contributed by atoms with Crippen LogP contribution in [0.15, 0.2) is 0 Å². The van der Waals surface area contributed by atoms with Crippen LogP contribution >= 0.6 is 12.2 Å². The number of carboxylic acids is 1. The van der Waals surface area contributed by atoms with E-state index in [1.165, 1.54) is 4.90 Å². The van der Waals surface area contributed by atoms with E-state index in [2.05, 4.69) is 0 Å². The number of hydrogen-bond acceptors (Lipinski definition) is 4. The number of thiocarbonyl (C=S) groups is 1. The van der Waals surface area contributed by atoms with E-state index in [9.17, 15) is 14.7 Å². The van der Waals surface area contributed by atoms with Gasteiger partial charge in [-0.05, 0) is 48.3 Å². The first kappa shape index (κ1) is 20.0. The Morgan fingerprint density at radius 3 is 2.35 bits per heavy atom. The number of aliphatic carboxylic acids is 1. The van der Waals surface area contributed by atoms with Crippen molar-refractivity contribution < 1.29 is 19.4 Å². The van der Waals surface area contributed by atoms with Crippen LogP contribution in [-0.4, -0.2) is 53.6 Å². The Morgan fingerprint density at radius 2 is 1.91 bits per heavy atom. The number of carbonyl (C=O) groups is 2. The molecule has 0 saturated heterocycles. The van der Waals surface area contributed by atoms with Crippen LogP contribution in [-0.2, 0) is 14.3 Å². The summed E-state index contributed by atoms with van der Waals surface area (Å²) in [5.74, 6) is -1.21. The van der Waals surface area contributed by atoms with Crippen molar-refractivity contribution in [3.05, 3.63) is 0 Å². The normalized spacial score (nSPS) is 16.9. The maximum absolute atomic E-state index is 12.2. The zero-order valence-electron chi connectivity index (χ0n) is 14.6. The van der Waals surface area contributed by atoms with Crippen LogP contribution in [0.4, 0.5) is 0 Å². The van der Waals surface area contributed by atoms with Crippen molar-refractivity contribution in [1.29, 1.82) is 0 Å². The van der Waals surface area contributed by atoms with Gasteiger partial charge in [0, 0.05) is 20.6 Å². The van der Waals surface area contributed by atoms with Crippen molar-refractivity contribution in [3.8, 4) is 0 Å². The minimum atomic E-state index is -0.957. The fourth-order valence-electron chi connectivity index (χ4n) is 3.03. The molecule has 0 aromatic rings. The molecule has 23 heavy (non-hydrogen) atoms. The predicted molar refractivity (Wildman–Crippen MR) is 93.6 cm³/mol. The first-order valence-corrected chi connectivity index (χ1v) is 8.62. The van der Waals surface area contributed by atoms with E-state index in [0.717, 1.165) is 37.2 Å². The van der Waals surface area contributed by atoms with Crippen LogP contribution in [0.25, 0.3) is 0 Å². The first-order valence-electron chi connectivity index (χ1n) is 8.21. The minimum Gasteiger partial charge on any atom is -0.480 e. The molecular formula is C17H29NO4S. The second-order valence-corrected chi connectivity index (χ2v) is 7.61. The van der Waals surface area contributed by atoms with E-state index < -0.39 is 12.0 Å². The van der Waals surface area contributed by atoms with Crippen LogP contribution in [0, 0.1) is 11.3 Å². The largest absolute Gasteiger partial charge is 0.480 e. The second kappa shape index (κ2) is 8.73. The minimum absolute atomic E-state index is 0.119. The predicted octanol–water partition coefficient (Wildman–Crippen LogP) is 2.91. The Hall–Kier alpha value is -1.01. The van der Waals surface area contributed by atoms with E-state index in [0.29, 0.717) is 12.8 Å². The second-order valence-electron chi connectivity index (χ2n) is 7.03. The highest BCUT2D eigenvalue weighted by atomic mass is 32.1. The zero-order chi connectivity index (χ0) is 17.6. The number of ether oxygens (including phenoxy) is 1. The van der Waals surface area contributed by atoms with Gasteiger partial charge in [0.15, 0.2) is 0 Å². The van der Waals surface area contributed by atoms with Gasteiger partial charge in [0.05, 0.1) is 6.61 Å². The molecule has 0 aromatic heterocycles. The van der Waals surface area contributed by atoms with Crippen molar-refractivity contribution in [2.45, 2.75) is 58.4 Å². The topological polar surface area (TPSA) is 66.8 Å². The van der Waals surface area contributed by atoms with Crippen LogP contribution in [0.3, 0.4) is 0 Å². The fourth-order valence-corrected chi connectivity index (χ4v) is 3.48. The summed E-state index contributed by atoms with van der Waals surface area (Å²) in [5.41, 5.74) is 0.249. The Kier molecular flexibility index (Phi) is 7.61. The molecule has 1 aliphatic carbocycles. The van der Waals surface area contributed by atoms with Crippen molar-refractivity contribution in [2.24, 2.45) is 11.3 Å². The lowest BCUT2D eigenvalue weighted by Gasteiger charge is -2.27. The molecule has 0 unspecified atom stereocenters. The van der Waals surface area contributed by atoms with Crippen LogP contribution < -0.4 is 0 Å². The van der Waals surface area contributed by atoms with E-state index in [4.69, 9.17) is 17.0 Å². The highest BCUT2D eigenvalue weighted by molar-refractivity contribution is 7.80. The third-order valence-electron chi connectivity index (χ3n) is 4.52. The maximum atomic E-state index is 12.2. The van der Waals surface area contributed by atoms with Gasteiger partial charge in [-0.2, -0.15) is 0 Å². The Balaban J connectivity index is 2.35. The molecule has 1 amide bonds. The van der Waals surface area contributed by atoms with E-state index in [-0.39, 0.29) is 17.2 Å². The maximum Gasteiger partial charge on any atom is 0.326 e. The molecule has 1 rings (SSSR count). The lowest BCUT2D eigenvalue weighted by molar-refractivity contribution is -0.151. The third kappa shape index (κ3) is 6.18. The number of carbonyl (C=O) groups excluding carboxylic acids is 1. The molecule has 1 saturated carbocycles. The summed E-state index contributed by atoms with van der Waals surface area (Å²) in [4.78, 5) is 25.8. The molecule has 6 heteroatoms. The van der Waals surface area contributed by atoms with Gasteiger partial charge in [0.2, 0.25) is 5.91 Å². The molecule has 0 heterocycles. The Bertz CT molecular complexity index is 446. The summed E-state index contributed by atoms with van der Waals surface area (Å²) in [6.07, 6.45) is 4.97. The molecule has 1 fully saturated rings. The number of likely N-dealkylation sites (N-methyl/N-ethyl adjacent to an activating group) is 1. The molecule has 0 bridgehead atoms. The Morgan fingerprint density at radius 1 is 1.30 bits per heavy atom. The van der Waals surface area contributed by atoms with Crippen LogP contribution in [0.2, 0.25) is 0 Å². The lowest BCUT2D eigenvalue weighted by Crippen LogP contribution is -2.45. The summed E-state index contributed by atoms with van der Waals surface area (Å²) >= 11 is 5.43. The van der Waals surface area contributed by atoms with Gasteiger partial charge in [-0.3, -0.25) is 4.79 Å². The molecule has 1 aliphatic rings. The van der Waals surface area contributed by atoms with Crippen molar-refractivity contribution in [2.75, 3.05) is 20.8 Å². The van der Waals surface area contributed by atoms with Gasteiger partial charge in [-0.1, -0.05) is 26.1 Å². The smallest absolute Gasteiger partial charge is 0.326 e. The molecule has 5 nitrogen and oxygen atoms in total. The molecular weight excluding hydrogens is 314 g/mol. The van der Waals surface area contributed by atoms with Gasteiger partial charge >= 0.3 is 5.97 Å². The molecule has 0 aromatic carbocycles. The quantitative estimate of drug-likeness (QED) is 0.584. The van der Waals surface area contributed by atoms with Gasteiger partial charge in [-0.15, -0.1) is 0 Å². The number of rotatable bonds is 11. The van der Waals surface area contributed by atoms with Gasteiger partial charge in [0.1, 0.15) is 6.04 Å². The van der Waals surface area contributed by atoms with E-state index in [1.54, 1.807) is 14.2 Å². The SMILES string of the molecule is COCC1(CC(=S)CCCC(=O)N(C)[C@H](C(=O)O)C(C)C)CC1. The standard InChI is InChI=1S/C17H29NO4S/c1-12(2)15(16(20)21)18(3)14(19)7-5-6-13(23)10-17(8-9-17)11-22-4/h12,15H,5-11H2,1-4H3,(H,20,21)/t15-/m0/s1. The number of hydrogen-bond donors (Lipinski definition) is 1. The molecule has 0 spiro atoms. The summed E-state index contributed by atoms with van der Waals surface area (Å²) in [6, 6.07) is -0.772. The fraction of sp³-hybridized carbons (Fsp3) is 0.824. The van der Waals surface area contributed by atoms with Gasteiger partial charge in [-0.25, -0.2) is 4.79 Å². The lowest BCUT2D eigenvalue weighted by atomic mass is 9.98. The van der Waals surface area contributed by atoms with Gasteiger partial charge < -0.3 is 14.7 Å². The van der Waals surface area contributed by atoms with E-state index in [1.807, 2.05) is 13.8 Å². The molecule has 1 atom stereocenters. The van der Waals surface area contributed by atoms with Crippen molar-refractivity contribution >= 4 is 29.0 Å². The average molecular weight is 343 g/mol. The highest BCUT2D eigenvalue weighted by Gasteiger charge is 2.42. The number of carboxylic acid groups (broad SMARTS) is 1. The molecule has 1 N–H and O–H groups in total. The van der Waals surface area contributed by atoms with Crippen LogP contribution in [0.1, 0.15) is 52.4 Å². The monoisotopic (exact) mass is 343 g/mol. The molecule has 0 radical (unpaired) electrons. The summed E-state index contributed by atoms with van der Waals surface area (Å²) in [7, 11) is 3.28. The van der Waals surface area contributed by atoms with Crippen molar-refractivity contribution in [3.63, 3.8) is 0 Å². The summed E-state index contributed by atoms with van der Waals surface area (Å²) in [5, 5.41) is 9.24. The number of methoxy groups -OCH3 is 1. The van der Waals surface area contributed by atoms with Gasteiger partial charge in [0.25, 0.3) is 0 Å².